The first-order valence-corrected chi connectivity index (χ1v) is 10.4. The second-order valence-electron chi connectivity index (χ2n) is 7.34. The Bertz CT molecular complexity index is 1160. The van der Waals surface area contributed by atoms with E-state index in [0.717, 1.165) is 24.1 Å². The number of amides is 1. The number of carbonyl (C=O) groups excluding carboxylic acids is 1. The second-order valence-corrected chi connectivity index (χ2v) is 7.34. The highest BCUT2D eigenvalue weighted by molar-refractivity contribution is 5.94. The van der Waals surface area contributed by atoms with E-state index >= 15 is 0 Å². The molecular formula is C26H23FN4O. The lowest BCUT2D eigenvalue weighted by Crippen LogP contribution is -2.24. The molecule has 6 heteroatoms. The third-order valence-electron chi connectivity index (χ3n) is 5.00. The monoisotopic (exact) mass is 426 g/mol. The van der Waals surface area contributed by atoms with Crippen LogP contribution >= 0.6 is 0 Å². The van der Waals surface area contributed by atoms with E-state index < -0.39 is 0 Å². The minimum absolute atomic E-state index is 0.0924. The normalized spacial score (nSPS) is 10.5. The van der Waals surface area contributed by atoms with Gasteiger partial charge in [-0.3, -0.25) is 4.79 Å². The van der Waals surface area contributed by atoms with Crippen LogP contribution in [0, 0.1) is 5.82 Å². The Kier molecular flexibility index (Phi) is 6.82. The molecule has 0 aliphatic rings. The Hall–Kier alpha value is -4.06. The number of rotatable bonds is 8. The van der Waals surface area contributed by atoms with Crippen LogP contribution in [0.5, 0.6) is 0 Å². The molecule has 32 heavy (non-hydrogen) atoms. The average molecular weight is 426 g/mol. The van der Waals surface area contributed by atoms with E-state index in [1.54, 1.807) is 30.3 Å². The van der Waals surface area contributed by atoms with Gasteiger partial charge in [-0.2, -0.15) is 0 Å². The maximum atomic E-state index is 13.1. The molecule has 0 fully saturated rings. The predicted molar refractivity (Wildman–Crippen MR) is 124 cm³/mol. The second kappa shape index (κ2) is 10.3. The highest BCUT2D eigenvalue weighted by Gasteiger charge is 2.06. The van der Waals surface area contributed by atoms with E-state index in [2.05, 4.69) is 32.7 Å². The van der Waals surface area contributed by atoms with E-state index in [1.165, 1.54) is 24.0 Å². The number of carbonyl (C=O) groups is 1. The van der Waals surface area contributed by atoms with Crippen LogP contribution < -0.4 is 10.6 Å². The number of nitrogens with zero attached hydrogens (tertiary/aromatic N) is 2. The fourth-order valence-electron chi connectivity index (χ4n) is 3.30. The van der Waals surface area contributed by atoms with Crippen molar-refractivity contribution in [2.45, 2.75) is 12.8 Å². The maximum Gasteiger partial charge on any atom is 0.251 e. The molecule has 0 aliphatic heterocycles. The van der Waals surface area contributed by atoms with Gasteiger partial charge in [-0.25, -0.2) is 14.4 Å². The summed E-state index contributed by atoms with van der Waals surface area (Å²) in [6, 6.07) is 25.4. The lowest BCUT2D eigenvalue weighted by atomic mass is 10.1. The molecule has 160 valence electrons. The number of aromatic nitrogens is 2. The van der Waals surface area contributed by atoms with E-state index in [4.69, 9.17) is 0 Å². The summed E-state index contributed by atoms with van der Waals surface area (Å²) >= 11 is 0. The van der Waals surface area contributed by atoms with E-state index in [9.17, 15) is 9.18 Å². The Labute approximate surface area is 186 Å². The zero-order valence-corrected chi connectivity index (χ0v) is 17.5. The number of benzene rings is 3. The number of anilines is 2. The quantitative estimate of drug-likeness (QED) is 0.371. The Morgan fingerprint density at radius 1 is 0.875 bits per heavy atom. The molecule has 0 spiro atoms. The van der Waals surface area contributed by atoms with Crippen molar-refractivity contribution in [3.8, 4) is 11.3 Å². The van der Waals surface area contributed by atoms with Gasteiger partial charge in [0, 0.05) is 29.4 Å². The Morgan fingerprint density at radius 3 is 2.38 bits per heavy atom. The number of hydrogen-bond acceptors (Lipinski definition) is 4. The summed E-state index contributed by atoms with van der Waals surface area (Å²) in [6.45, 7) is 0.626. The maximum absolute atomic E-state index is 13.1. The largest absolute Gasteiger partial charge is 0.352 e. The van der Waals surface area contributed by atoms with Crippen molar-refractivity contribution < 1.29 is 9.18 Å². The molecule has 4 rings (SSSR count). The van der Waals surface area contributed by atoms with Crippen LogP contribution in [0.2, 0.25) is 0 Å². The first-order valence-electron chi connectivity index (χ1n) is 10.4. The molecule has 5 nitrogen and oxygen atoms in total. The molecular weight excluding hydrogens is 403 g/mol. The van der Waals surface area contributed by atoms with Gasteiger partial charge in [0.1, 0.15) is 18.0 Å². The van der Waals surface area contributed by atoms with Crippen molar-refractivity contribution in [1.29, 1.82) is 0 Å². The molecule has 0 atom stereocenters. The topological polar surface area (TPSA) is 66.9 Å². The zero-order valence-electron chi connectivity index (χ0n) is 17.5. The molecule has 0 unspecified atom stereocenters. The average Bonchev–Trinajstić information content (AvgIpc) is 2.83. The van der Waals surface area contributed by atoms with E-state index in [1.807, 2.05) is 30.3 Å². The zero-order chi connectivity index (χ0) is 22.2. The predicted octanol–water partition coefficient (Wildman–Crippen LogP) is 5.39. The fourth-order valence-corrected chi connectivity index (χ4v) is 3.30. The molecule has 0 bridgehead atoms. The summed E-state index contributed by atoms with van der Waals surface area (Å²) < 4.78 is 13.1. The molecule has 0 saturated carbocycles. The van der Waals surface area contributed by atoms with Crippen LogP contribution in [-0.4, -0.2) is 22.4 Å². The summed E-state index contributed by atoms with van der Waals surface area (Å²) in [5.41, 5.74) is 4.16. The molecule has 0 aliphatic carbocycles. The minimum atomic E-state index is -0.290. The van der Waals surface area contributed by atoms with Crippen molar-refractivity contribution in [2.24, 2.45) is 0 Å². The first-order chi connectivity index (χ1) is 15.7. The third kappa shape index (κ3) is 5.76. The van der Waals surface area contributed by atoms with Crippen LogP contribution in [-0.2, 0) is 6.42 Å². The summed E-state index contributed by atoms with van der Waals surface area (Å²) in [5.74, 6) is 0.226. The number of aryl methyl sites for hydroxylation is 1. The number of hydrogen-bond donors (Lipinski definition) is 2. The van der Waals surface area contributed by atoms with Crippen LogP contribution in [0.4, 0.5) is 15.9 Å². The Balaban J connectivity index is 1.31. The van der Waals surface area contributed by atoms with Gasteiger partial charge < -0.3 is 10.6 Å². The fraction of sp³-hybridized carbons (Fsp3) is 0.115. The Morgan fingerprint density at radius 2 is 1.62 bits per heavy atom. The van der Waals surface area contributed by atoms with Crippen LogP contribution in [0.1, 0.15) is 22.3 Å². The molecule has 0 saturated heterocycles. The van der Waals surface area contributed by atoms with Crippen LogP contribution in [0.15, 0.2) is 91.3 Å². The lowest BCUT2D eigenvalue weighted by molar-refractivity contribution is 0.0953. The van der Waals surface area contributed by atoms with Crippen molar-refractivity contribution in [2.75, 3.05) is 11.9 Å². The van der Waals surface area contributed by atoms with Gasteiger partial charge in [-0.15, -0.1) is 0 Å². The highest BCUT2D eigenvalue weighted by Crippen LogP contribution is 2.21. The minimum Gasteiger partial charge on any atom is -0.352 e. The standard InChI is InChI=1S/C26H23FN4O/c27-22-12-8-20(9-13-22)24-17-25(30-18-29-24)31-23-14-10-21(11-15-23)26(32)28-16-4-7-19-5-2-1-3-6-19/h1-3,5-6,8-15,17-18H,4,7,16H2,(H,28,32)(H,29,30,31). The van der Waals surface area contributed by atoms with Gasteiger partial charge in [0.25, 0.3) is 5.91 Å². The van der Waals surface area contributed by atoms with Gasteiger partial charge in [0.05, 0.1) is 5.69 Å². The summed E-state index contributed by atoms with van der Waals surface area (Å²) in [6.07, 6.45) is 3.28. The van der Waals surface area contributed by atoms with Crippen LogP contribution in [0.25, 0.3) is 11.3 Å². The van der Waals surface area contributed by atoms with Gasteiger partial charge in [-0.05, 0) is 66.9 Å². The smallest absolute Gasteiger partial charge is 0.251 e. The van der Waals surface area contributed by atoms with E-state index in [0.29, 0.717) is 23.6 Å². The van der Waals surface area contributed by atoms with Gasteiger partial charge in [-0.1, -0.05) is 30.3 Å². The summed E-state index contributed by atoms with van der Waals surface area (Å²) in [4.78, 5) is 20.9. The van der Waals surface area contributed by atoms with Gasteiger partial charge in [0.2, 0.25) is 0 Å². The lowest BCUT2D eigenvalue weighted by Gasteiger charge is -2.09. The highest BCUT2D eigenvalue weighted by atomic mass is 19.1. The number of nitrogens with one attached hydrogen (secondary N) is 2. The summed E-state index contributed by atoms with van der Waals surface area (Å²) in [5, 5.41) is 6.17. The van der Waals surface area contributed by atoms with Crippen molar-refractivity contribution >= 4 is 17.4 Å². The molecule has 4 aromatic rings. The number of halogens is 1. The molecule has 1 heterocycles. The molecule has 3 aromatic carbocycles. The van der Waals surface area contributed by atoms with Crippen molar-refractivity contribution in [3.63, 3.8) is 0 Å². The van der Waals surface area contributed by atoms with Gasteiger partial charge in [0.15, 0.2) is 0 Å². The van der Waals surface area contributed by atoms with Gasteiger partial charge >= 0.3 is 0 Å². The molecule has 2 N–H and O–H groups in total. The molecule has 1 amide bonds. The molecule has 0 radical (unpaired) electrons. The first kappa shape index (κ1) is 21.2. The van der Waals surface area contributed by atoms with Crippen LogP contribution in [0.3, 0.4) is 0 Å². The van der Waals surface area contributed by atoms with E-state index in [-0.39, 0.29) is 11.7 Å². The van der Waals surface area contributed by atoms with Crippen molar-refractivity contribution in [3.05, 3.63) is 108 Å². The summed E-state index contributed by atoms with van der Waals surface area (Å²) in [7, 11) is 0. The van der Waals surface area contributed by atoms with Crippen molar-refractivity contribution in [1.82, 2.24) is 15.3 Å². The molecule has 1 aromatic heterocycles. The SMILES string of the molecule is O=C(NCCCc1ccccc1)c1ccc(Nc2cc(-c3ccc(F)cc3)ncn2)cc1. The third-order valence-corrected chi connectivity index (χ3v) is 5.00.